The molecule has 10 nitrogen and oxygen atoms in total. The van der Waals surface area contributed by atoms with Crippen molar-refractivity contribution in [2.24, 2.45) is 0 Å². The molecule has 0 fully saturated rings. The first-order valence-corrected chi connectivity index (χ1v) is 15.9. The molecule has 0 unspecified atom stereocenters. The number of aromatic nitrogens is 8. The summed E-state index contributed by atoms with van der Waals surface area (Å²) in [6.45, 7) is 0. The summed E-state index contributed by atoms with van der Waals surface area (Å²) in [7, 11) is 1.78. The normalized spacial score (nSPS) is 12.1. The van der Waals surface area contributed by atoms with Crippen molar-refractivity contribution in [3.63, 3.8) is 0 Å². The molecule has 0 saturated heterocycles. The zero-order chi connectivity index (χ0) is 29.6. The molecule has 7 aromatic rings. The Labute approximate surface area is 269 Å². The van der Waals surface area contributed by atoms with E-state index in [2.05, 4.69) is 9.97 Å². The number of hydrogen-bond donors (Lipinski definition) is 2. The van der Waals surface area contributed by atoms with E-state index in [0.29, 0.717) is 51.0 Å². The molecule has 5 heterocycles. The molecule has 0 aliphatic carbocycles. The number of hydrogen-bond acceptors (Lipinski definition) is 8. The van der Waals surface area contributed by atoms with Crippen LogP contribution in [0.25, 0.3) is 89.7 Å². The van der Waals surface area contributed by atoms with Crippen molar-refractivity contribution in [3.8, 4) is 45.6 Å². The predicted octanol–water partition coefficient (Wildman–Crippen LogP) is 6.79. The summed E-state index contributed by atoms with van der Waals surface area (Å²) in [6, 6.07) is 28.0. The third kappa shape index (κ3) is 4.25. The van der Waals surface area contributed by atoms with Crippen LogP contribution < -0.4 is 0 Å². The molecule has 0 spiro atoms. The summed E-state index contributed by atoms with van der Waals surface area (Å²) in [6.07, 6.45) is 0. The molecule has 9 rings (SSSR count). The summed E-state index contributed by atoms with van der Waals surface area (Å²) >= 11 is 0. The van der Waals surface area contributed by atoms with Gasteiger partial charge in [0.2, 0.25) is 0 Å². The molecular weight excluding hydrogens is 655 g/mol. The average Bonchev–Trinajstić information content (AvgIpc) is 3.76. The van der Waals surface area contributed by atoms with Gasteiger partial charge in [-0.15, -0.1) is 0 Å². The van der Waals surface area contributed by atoms with Gasteiger partial charge >= 0.3 is 0 Å². The Balaban J connectivity index is 0.00000300. The predicted molar refractivity (Wildman–Crippen MR) is 169 cm³/mol. The molecule has 8 bridgehead atoms. The Kier molecular flexibility index (Phi) is 6.12. The van der Waals surface area contributed by atoms with E-state index in [0.717, 1.165) is 33.0 Å². The van der Waals surface area contributed by atoms with Crippen molar-refractivity contribution < 1.29 is 25.2 Å². The molecular formula is C32H17ClCoN8O2S. The maximum Gasteiger partial charge on any atom is 0.262 e. The second-order valence-corrected chi connectivity index (χ2v) is 12.9. The van der Waals surface area contributed by atoms with Gasteiger partial charge in [0, 0.05) is 71.3 Å². The molecule has 219 valence electrons. The van der Waals surface area contributed by atoms with Crippen molar-refractivity contribution in [3.05, 3.63) is 91.0 Å². The van der Waals surface area contributed by atoms with Crippen LogP contribution in [-0.2, 0) is 25.8 Å². The van der Waals surface area contributed by atoms with E-state index < -0.39 is 9.05 Å². The average molecular weight is 672 g/mol. The van der Waals surface area contributed by atoms with Gasteiger partial charge in [-0.25, -0.2) is 38.3 Å². The molecule has 0 atom stereocenters. The van der Waals surface area contributed by atoms with Crippen LogP contribution in [0.3, 0.4) is 0 Å². The van der Waals surface area contributed by atoms with Crippen molar-refractivity contribution in [1.82, 2.24) is 39.9 Å². The van der Waals surface area contributed by atoms with Crippen LogP contribution in [0.15, 0.2) is 95.9 Å². The van der Waals surface area contributed by atoms with Gasteiger partial charge in [-0.2, -0.15) is 0 Å². The van der Waals surface area contributed by atoms with Crippen LogP contribution in [0, 0.1) is 0 Å². The number of rotatable bonds is 1. The fraction of sp³-hybridized carbons (Fsp3) is 0. The smallest absolute Gasteiger partial charge is 0.262 e. The Bertz CT molecular complexity index is 2670. The largest absolute Gasteiger partial charge is 0.324 e. The Morgan fingerprint density at radius 3 is 1.31 bits per heavy atom. The molecule has 3 aromatic heterocycles. The third-order valence-electron chi connectivity index (χ3n) is 7.80. The van der Waals surface area contributed by atoms with Gasteiger partial charge in [0.15, 0.2) is 23.3 Å². The SMILES string of the molecule is O=S(=O)(Cl)c1cccc2c3nc4nc(nc5[nH]c(nc6nc(nc([nH]3)c12)-c1ccccc1-6)c1ccccc51)-c1ccccc1-4.[Co]. The topological polar surface area (TPSA) is 143 Å². The number of nitrogens with zero attached hydrogens (tertiary/aromatic N) is 6. The van der Waals surface area contributed by atoms with Gasteiger partial charge in [0.25, 0.3) is 9.05 Å². The van der Waals surface area contributed by atoms with Gasteiger partial charge in [0.1, 0.15) is 22.6 Å². The van der Waals surface area contributed by atoms with E-state index in [-0.39, 0.29) is 27.3 Å². The second-order valence-electron chi connectivity index (χ2n) is 10.4. The maximum atomic E-state index is 12.7. The van der Waals surface area contributed by atoms with Crippen molar-refractivity contribution in [2.45, 2.75) is 4.90 Å². The number of fused-ring (bicyclic) bond motifs is 20. The summed E-state index contributed by atoms with van der Waals surface area (Å²) in [5.74, 6) is 1.71. The Morgan fingerprint density at radius 1 is 0.467 bits per heavy atom. The van der Waals surface area contributed by atoms with E-state index in [1.54, 1.807) is 12.1 Å². The second kappa shape index (κ2) is 10.0. The Morgan fingerprint density at radius 2 is 0.844 bits per heavy atom. The summed E-state index contributed by atoms with van der Waals surface area (Å²) < 4.78 is 25.5. The van der Waals surface area contributed by atoms with E-state index in [1.807, 2.05) is 72.8 Å². The molecule has 45 heavy (non-hydrogen) atoms. The monoisotopic (exact) mass is 671 g/mol. The van der Waals surface area contributed by atoms with Crippen LogP contribution in [-0.4, -0.2) is 48.3 Å². The van der Waals surface area contributed by atoms with Crippen LogP contribution in [0.5, 0.6) is 0 Å². The molecule has 13 heteroatoms. The summed E-state index contributed by atoms with van der Waals surface area (Å²) in [5.41, 5.74) is 4.93. The van der Waals surface area contributed by atoms with Crippen LogP contribution in [0.2, 0.25) is 0 Å². The minimum absolute atomic E-state index is 0. The van der Waals surface area contributed by atoms with E-state index in [4.69, 9.17) is 40.6 Å². The summed E-state index contributed by atoms with van der Waals surface area (Å²) in [5, 5.41) is 2.58. The molecule has 4 aromatic carbocycles. The van der Waals surface area contributed by atoms with Gasteiger partial charge in [-0.05, 0) is 6.07 Å². The van der Waals surface area contributed by atoms with Crippen LogP contribution in [0.1, 0.15) is 0 Å². The first kappa shape index (κ1) is 27.5. The van der Waals surface area contributed by atoms with Gasteiger partial charge in [-0.3, -0.25) is 0 Å². The molecule has 1 radical (unpaired) electrons. The zero-order valence-electron chi connectivity index (χ0n) is 22.8. The minimum atomic E-state index is -4.14. The fourth-order valence-corrected chi connectivity index (χ4v) is 6.94. The molecule has 2 N–H and O–H groups in total. The van der Waals surface area contributed by atoms with Gasteiger partial charge < -0.3 is 9.97 Å². The zero-order valence-corrected chi connectivity index (χ0v) is 25.4. The van der Waals surface area contributed by atoms with Crippen LogP contribution >= 0.6 is 10.7 Å². The number of benzene rings is 4. The van der Waals surface area contributed by atoms with Crippen molar-refractivity contribution in [1.29, 1.82) is 0 Å². The summed E-state index contributed by atoms with van der Waals surface area (Å²) in [4.78, 5) is 35.9. The van der Waals surface area contributed by atoms with Gasteiger partial charge in [0.05, 0.1) is 4.90 Å². The number of H-pyrrole nitrogens is 2. The molecule has 0 amide bonds. The first-order chi connectivity index (χ1) is 21.4. The van der Waals surface area contributed by atoms with Crippen LogP contribution in [0.4, 0.5) is 0 Å². The standard InChI is InChI=1S/C32H17ClN8O2S.Co/c33-44(42,43)23-15-7-14-22-24(23)32-40-30-21-13-6-5-12-20(21)28(38-30)36-26-17-9-2-1-8-16(17)25(34-26)35-27-18-10-3-4-11-19(18)29(37-27)39-31(22)41-32;/h1-15H,(H2,34,35,36,37,38,39,40,41);. The Hall–Kier alpha value is -5.01. The molecule has 2 aliphatic heterocycles. The quantitative estimate of drug-likeness (QED) is 0.182. The van der Waals surface area contributed by atoms with Gasteiger partial charge in [-0.1, -0.05) is 84.9 Å². The first-order valence-electron chi connectivity index (χ1n) is 13.6. The van der Waals surface area contributed by atoms with Crippen molar-refractivity contribution in [2.75, 3.05) is 0 Å². The van der Waals surface area contributed by atoms with E-state index in [9.17, 15) is 8.42 Å². The molecule has 2 aliphatic rings. The van der Waals surface area contributed by atoms with Crippen molar-refractivity contribution >= 4 is 63.9 Å². The maximum absolute atomic E-state index is 12.7. The number of nitrogens with one attached hydrogen (secondary N) is 2. The number of halogens is 1. The number of aromatic amines is 2. The molecule has 0 saturated carbocycles. The third-order valence-corrected chi connectivity index (χ3v) is 9.17. The fourth-order valence-electron chi connectivity index (χ4n) is 5.86. The minimum Gasteiger partial charge on any atom is -0.324 e. The van der Waals surface area contributed by atoms with E-state index >= 15 is 0 Å². The van der Waals surface area contributed by atoms with E-state index in [1.165, 1.54) is 6.07 Å².